The second kappa shape index (κ2) is 10.8. The number of hydrogen-bond donors (Lipinski definition) is 1. The van der Waals surface area contributed by atoms with Crippen molar-refractivity contribution >= 4 is 11.8 Å². The molecule has 0 bridgehead atoms. The number of carbonyl (C=O) groups is 2. The third-order valence-electron chi connectivity index (χ3n) is 6.57. The largest absolute Gasteiger partial charge is 0.497 e. The summed E-state index contributed by atoms with van der Waals surface area (Å²) in [6.45, 7) is 1.91. The number of benzene rings is 2. The molecule has 4 rings (SSSR count). The van der Waals surface area contributed by atoms with Crippen LogP contribution in [0.5, 0.6) is 23.0 Å². The van der Waals surface area contributed by atoms with Crippen LogP contribution in [0.3, 0.4) is 0 Å². The molecule has 0 amide bonds. The number of hydrogen-bond acceptors (Lipinski definition) is 8. The molecule has 0 aromatic heterocycles. The number of nitrogens with one attached hydrogen (secondary N) is 1. The molecule has 1 heterocycles. The maximum atomic E-state index is 13.6. The Balaban J connectivity index is 1.77. The Hall–Kier alpha value is -3.94. The zero-order valence-corrected chi connectivity index (χ0v) is 21.2. The van der Waals surface area contributed by atoms with Crippen LogP contribution >= 0.6 is 0 Å². The molecule has 2 aromatic carbocycles. The van der Waals surface area contributed by atoms with Crippen molar-refractivity contribution in [3.8, 4) is 23.0 Å². The fraction of sp³-hybridized carbons (Fsp3) is 0.357. The third kappa shape index (κ3) is 4.76. The Morgan fingerprint density at radius 1 is 0.917 bits per heavy atom. The lowest BCUT2D eigenvalue weighted by atomic mass is 9.75. The first kappa shape index (κ1) is 25.2. The molecule has 2 aliphatic rings. The van der Waals surface area contributed by atoms with Gasteiger partial charge in [-0.15, -0.1) is 0 Å². The van der Waals surface area contributed by atoms with E-state index in [1.54, 1.807) is 33.5 Å². The van der Waals surface area contributed by atoms with E-state index in [0.717, 1.165) is 29.9 Å². The summed E-state index contributed by atoms with van der Waals surface area (Å²) in [6.07, 6.45) is 1.89. The van der Waals surface area contributed by atoms with Crippen molar-refractivity contribution in [3.05, 3.63) is 70.1 Å². The molecule has 190 valence electrons. The van der Waals surface area contributed by atoms with Crippen molar-refractivity contribution < 1.29 is 33.3 Å². The first-order chi connectivity index (χ1) is 17.4. The molecule has 1 N–H and O–H groups in total. The van der Waals surface area contributed by atoms with Crippen LogP contribution in [0.4, 0.5) is 0 Å². The van der Waals surface area contributed by atoms with E-state index >= 15 is 0 Å². The highest BCUT2D eigenvalue weighted by Crippen LogP contribution is 2.48. The van der Waals surface area contributed by atoms with Crippen LogP contribution < -0.4 is 24.3 Å². The fourth-order valence-electron chi connectivity index (χ4n) is 4.79. The summed E-state index contributed by atoms with van der Waals surface area (Å²) in [5.74, 6) is 0.976. The molecule has 0 saturated heterocycles. The molecule has 1 atom stereocenters. The van der Waals surface area contributed by atoms with Gasteiger partial charge in [-0.05, 0) is 43.5 Å². The number of carbonyl (C=O) groups excluding carboxylic acids is 2. The molecular weight excluding hydrogens is 462 g/mol. The van der Waals surface area contributed by atoms with Crippen molar-refractivity contribution in [1.82, 2.24) is 5.32 Å². The lowest BCUT2D eigenvalue weighted by Gasteiger charge is -2.34. The number of methoxy groups -OCH3 is 4. The SMILES string of the molecule is COc1ccc(COC(=O)C2=C(C)NC3=C(C(=O)CCC3)C2c2cc(OC)c(OC)cc2OC)cc1. The van der Waals surface area contributed by atoms with Gasteiger partial charge in [0.1, 0.15) is 18.1 Å². The Kier molecular flexibility index (Phi) is 7.52. The van der Waals surface area contributed by atoms with E-state index in [9.17, 15) is 9.59 Å². The Bertz CT molecular complexity index is 1230. The van der Waals surface area contributed by atoms with Gasteiger partial charge in [-0.2, -0.15) is 0 Å². The number of ketones is 1. The van der Waals surface area contributed by atoms with Crippen molar-refractivity contribution in [2.24, 2.45) is 0 Å². The van der Waals surface area contributed by atoms with Gasteiger partial charge in [0.05, 0.1) is 39.9 Å². The molecule has 36 heavy (non-hydrogen) atoms. The highest BCUT2D eigenvalue weighted by Gasteiger charge is 2.41. The summed E-state index contributed by atoms with van der Waals surface area (Å²) in [4.78, 5) is 26.8. The van der Waals surface area contributed by atoms with Crippen molar-refractivity contribution in [2.45, 2.75) is 38.7 Å². The minimum atomic E-state index is -0.674. The average Bonchev–Trinajstić information content (AvgIpc) is 2.90. The van der Waals surface area contributed by atoms with Crippen LogP contribution in [0, 0.1) is 0 Å². The molecule has 2 aromatic rings. The zero-order valence-electron chi connectivity index (χ0n) is 21.2. The van der Waals surface area contributed by atoms with Gasteiger partial charge in [0, 0.05) is 35.0 Å². The number of Topliss-reactive ketones (excluding diaryl/α,β-unsaturated/α-hetero) is 1. The van der Waals surface area contributed by atoms with E-state index in [2.05, 4.69) is 5.32 Å². The summed E-state index contributed by atoms with van der Waals surface area (Å²) in [5.41, 5.74) is 3.86. The fourth-order valence-corrected chi connectivity index (χ4v) is 4.79. The minimum absolute atomic E-state index is 0.00135. The summed E-state index contributed by atoms with van der Waals surface area (Å²) < 4.78 is 27.6. The quantitative estimate of drug-likeness (QED) is 0.540. The lowest BCUT2D eigenvalue weighted by Crippen LogP contribution is -2.34. The van der Waals surface area contributed by atoms with E-state index < -0.39 is 11.9 Å². The van der Waals surface area contributed by atoms with Gasteiger partial charge in [0.25, 0.3) is 0 Å². The molecule has 8 nitrogen and oxygen atoms in total. The molecule has 0 saturated carbocycles. The molecule has 0 spiro atoms. The molecule has 0 fully saturated rings. The maximum absolute atomic E-state index is 13.6. The van der Waals surface area contributed by atoms with E-state index in [0.29, 0.717) is 46.1 Å². The van der Waals surface area contributed by atoms with Gasteiger partial charge >= 0.3 is 5.97 Å². The van der Waals surface area contributed by atoms with Crippen molar-refractivity contribution in [1.29, 1.82) is 0 Å². The van der Waals surface area contributed by atoms with Gasteiger partial charge in [-0.3, -0.25) is 4.79 Å². The summed E-state index contributed by atoms with van der Waals surface area (Å²) in [7, 11) is 6.22. The highest BCUT2D eigenvalue weighted by atomic mass is 16.5. The second-order valence-electron chi connectivity index (χ2n) is 8.64. The second-order valence-corrected chi connectivity index (χ2v) is 8.64. The number of allylic oxidation sites excluding steroid dienone is 3. The number of ether oxygens (including phenoxy) is 5. The van der Waals surface area contributed by atoms with Crippen LogP contribution in [-0.2, 0) is 20.9 Å². The number of rotatable bonds is 8. The smallest absolute Gasteiger partial charge is 0.337 e. The topological polar surface area (TPSA) is 92.3 Å². The molecule has 0 radical (unpaired) electrons. The van der Waals surface area contributed by atoms with Crippen molar-refractivity contribution in [2.75, 3.05) is 28.4 Å². The van der Waals surface area contributed by atoms with Gasteiger partial charge in [0.2, 0.25) is 0 Å². The maximum Gasteiger partial charge on any atom is 0.337 e. The summed E-state index contributed by atoms with van der Waals surface area (Å²) >= 11 is 0. The predicted molar refractivity (Wildman–Crippen MR) is 133 cm³/mol. The van der Waals surface area contributed by atoms with Gasteiger partial charge in [-0.25, -0.2) is 4.79 Å². The highest BCUT2D eigenvalue weighted by molar-refractivity contribution is 6.04. The molecule has 8 heteroatoms. The van der Waals surface area contributed by atoms with E-state index in [1.807, 2.05) is 31.2 Å². The monoisotopic (exact) mass is 493 g/mol. The zero-order chi connectivity index (χ0) is 25.8. The molecule has 1 aliphatic heterocycles. The van der Waals surface area contributed by atoms with Crippen LogP contribution in [-0.4, -0.2) is 40.2 Å². The molecular formula is C28H31NO7. The standard InChI is InChI=1S/C28H31NO7/c1-16-25(28(31)36-15-17-9-11-18(32-2)12-10-17)26(27-20(29-16)7-6-8-21(27)30)19-13-23(34-4)24(35-5)14-22(19)33-3/h9-14,26,29H,6-8,15H2,1-5H3. The van der Waals surface area contributed by atoms with Crippen LogP contribution in [0.15, 0.2) is 58.9 Å². The predicted octanol–water partition coefficient (Wildman–Crippen LogP) is 4.43. The minimum Gasteiger partial charge on any atom is -0.497 e. The van der Waals surface area contributed by atoms with E-state index in [4.69, 9.17) is 23.7 Å². The first-order valence-corrected chi connectivity index (χ1v) is 11.8. The van der Waals surface area contributed by atoms with Crippen LogP contribution in [0.1, 0.15) is 43.2 Å². The van der Waals surface area contributed by atoms with E-state index in [-0.39, 0.29) is 12.4 Å². The Morgan fingerprint density at radius 2 is 1.58 bits per heavy atom. The van der Waals surface area contributed by atoms with Gasteiger partial charge in [0.15, 0.2) is 17.3 Å². The third-order valence-corrected chi connectivity index (χ3v) is 6.57. The Labute approximate surface area is 210 Å². The van der Waals surface area contributed by atoms with Crippen LogP contribution in [0.25, 0.3) is 0 Å². The lowest BCUT2D eigenvalue weighted by molar-refractivity contribution is -0.140. The Morgan fingerprint density at radius 3 is 2.22 bits per heavy atom. The van der Waals surface area contributed by atoms with Crippen LogP contribution in [0.2, 0.25) is 0 Å². The number of esters is 1. The van der Waals surface area contributed by atoms with Gasteiger partial charge < -0.3 is 29.0 Å². The van der Waals surface area contributed by atoms with Gasteiger partial charge in [-0.1, -0.05) is 12.1 Å². The normalized spacial score (nSPS) is 17.2. The first-order valence-electron chi connectivity index (χ1n) is 11.8. The summed E-state index contributed by atoms with van der Waals surface area (Å²) in [6, 6.07) is 10.8. The molecule has 1 unspecified atom stereocenters. The van der Waals surface area contributed by atoms with Crippen molar-refractivity contribution in [3.63, 3.8) is 0 Å². The summed E-state index contributed by atoms with van der Waals surface area (Å²) in [5, 5.41) is 3.31. The number of dihydropyridines is 1. The average molecular weight is 494 g/mol. The molecule has 1 aliphatic carbocycles. The van der Waals surface area contributed by atoms with E-state index in [1.165, 1.54) is 7.11 Å².